The molecule has 0 N–H and O–H groups in total. The summed E-state index contributed by atoms with van der Waals surface area (Å²) in [5.41, 5.74) is 0.999. The molecule has 0 spiro atoms. The third-order valence-corrected chi connectivity index (χ3v) is 2.13. The van der Waals surface area contributed by atoms with Crippen LogP contribution in [0.5, 0.6) is 0 Å². The monoisotopic (exact) mass is 226 g/mol. The minimum atomic E-state index is -0.831. The molecule has 0 aliphatic heterocycles. The predicted octanol–water partition coefficient (Wildman–Crippen LogP) is 2.39. The highest BCUT2D eigenvalue weighted by Gasteiger charge is 2.19. The fraction of sp³-hybridized carbons (Fsp3) is 0.273. The lowest BCUT2D eigenvalue weighted by molar-refractivity contribution is -0.137. The lowest BCUT2D eigenvalue weighted by atomic mass is 10.1. The maximum absolute atomic E-state index is 11.5. The van der Waals surface area contributed by atoms with Crippen LogP contribution in [0.3, 0.4) is 0 Å². The van der Waals surface area contributed by atoms with Gasteiger partial charge in [0.25, 0.3) is 5.78 Å². The van der Waals surface area contributed by atoms with Crippen molar-refractivity contribution in [3.63, 3.8) is 0 Å². The van der Waals surface area contributed by atoms with Crippen LogP contribution >= 0.6 is 11.6 Å². The van der Waals surface area contributed by atoms with Crippen molar-refractivity contribution >= 4 is 23.4 Å². The molecule has 1 rings (SSSR count). The van der Waals surface area contributed by atoms with Crippen LogP contribution in [0.15, 0.2) is 18.2 Å². The first-order valence-corrected chi connectivity index (χ1v) is 4.91. The Morgan fingerprint density at radius 3 is 2.60 bits per heavy atom. The molecule has 1 aromatic carbocycles. The fourth-order valence-electron chi connectivity index (χ4n) is 1.19. The summed E-state index contributed by atoms with van der Waals surface area (Å²) in [5, 5.41) is 0.535. The number of halogens is 1. The van der Waals surface area contributed by atoms with Crippen LogP contribution in [0.2, 0.25) is 5.02 Å². The van der Waals surface area contributed by atoms with Gasteiger partial charge in [-0.1, -0.05) is 11.6 Å². The number of ether oxygens (including phenoxy) is 1. The quantitative estimate of drug-likeness (QED) is 0.452. The van der Waals surface area contributed by atoms with Crippen LogP contribution in [0.1, 0.15) is 22.8 Å². The van der Waals surface area contributed by atoms with Crippen molar-refractivity contribution in [3.05, 3.63) is 34.3 Å². The third-order valence-electron chi connectivity index (χ3n) is 1.89. The fourth-order valence-corrected chi connectivity index (χ4v) is 1.42. The van der Waals surface area contributed by atoms with Crippen molar-refractivity contribution in [1.82, 2.24) is 0 Å². The number of ketones is 1. The molecule has 0 heterocycles. The number of Topliss-reactive ketones (excluding diaryl/α,β-unsaturated/α-hetero) is 1. The zero-order valence-electron chi connectivity index (χ0n) is 8.54. The molecular formula is C11H11ClO3. The minimum Gasteiger partial charge on any atom is -0.460 e. The molecule has 0 saturated heterocycles. The molecule has 0 unspecified atom stereocenters. The number of carbonyl (C=O) groups excluding carboxylic acids is 2. The molecule has 0 aliphatic carbocycles. The molecule has 0 aliphatic rings. The number of rotatable bonds is 3. The van der Waals surface area contributed by atoms with Gasteiger partial charge in [0.1, 0.15) is 0 Å². The van der Waals surface area contributed by atoms with Crippen molar-refractivity contribution < 1.29 is 14.3 Å². The number of carbonyl (C=O) groups is 2. The van der Waals surface area contributed by atoms with Gasteiger partial charge < -0.3 is 4.74 Å². The van der Waals surface area contributed by atoms with Gasteiger partial charge in [0.05, 0.1) is 6.61 Å². The van der Waals surface area contributed by atoms with Gasteiger partial charge in [0.15, 0.2) is 0 Å². The van der Waals surface area contributed by atoms with Gasteiger partial charge in [0, 0.05) is 10.6 Å². The maximum atomic E-state index is 11.5. The lowest BCUT2D eigenvalue weighted by Crippen LogP contribution is -2.18. The molecule has 0 atom stereocenters. The van der Waals surface area contributed by atoms with Gasteiger partial charge in [-0.15, -0.1) is 0 Å². The van der Waals surface area contributed by atoms with Crippen LogP contribution in [0, 0.1) is 6.92 Å². The second-order valence-corrected chi connectivity index (χ2v) is 3.45. The van der Waals surface area contributed by atoms with E-state index in [4.69, 9.17) is 11.6 Å². The molecular weight excluding hydrogens is 216 g/mol. The van der Waals surface area contributed by atoms with Crippen LogP contribution in [0.4, 0.5) is 0 Å². The third kappa shape index (κ3) is 2.80. The molecule has 0 radical (unpaired) electrons. The SMILES string of the molecule is CCOC(=O)C(=O)c1ccc(Cl)cc1C. The molecule has 80 valence electrons. The number of aryl methyl sites for hydroxylation is 1. The van der Waals surface area contributed by atoms with Crippen LogP contribution in [-0.2, 0) is 9.53 Å². The van der Waals surface area contributed by atoms with Gasteiger partial charge >= 0.3 is 5.97 Å². The molecule has 0 bridgehead atoms. The summed E-state index contributed by atoms with van der Waals surface area (Å²) in [6, 6.07) is 4.73. The van der Waals surface area contributed by atoms with Crippen LogP contribution in [0.25, 0.3) is 0 Å². The Hall–Kier alpha value is -1.35. The van der Waals surface area contributed by atoms with Gasteiger partial charge in [-0.3, -0.25) is 4.79 Å². The zero-order chi connectivity index (χ0) is 11.4. The van der Waals surface area contributed by atoms with E-state index in [1.165, 1.54) is 6.07 Å². The van der Waals surface area contributed by atoms with Gasteiger partial charge in [-0.05, 0) is 37.6 Å². The predicted molar refractivity (Wildman–Crippen MR) is 57.2 cm³/mol. The normalized spacial score (nSPS) is 9.80. The van der Waals surface area contributed by atoms with Crippen molar-refractivity contribution in [2.45, 2.75) is 13.8 Å². The Bertz CT molecular complexity index is 399. The van der Waals surface area contributed by atoms with E-state index in [2.05, 4.69) is 4.74 Å². The number of hydrogen-bond donors (Lipinski definition) is 0. The zero-order valence-corrected chi connectivity index (χ0v) is 9.30. The Morgan fingerprint density at radius 1 is 1.40 bits per heavy atom. The summed E-state index contributed by atoms with van der Waals surface area (Å²) in [6.07, 6.45) is 0. The molecule has 0 fully saturated rings. The lowest BCUT2D eigenvalue weighted by Gasteiger charge is -2.04. The summed E-state index contributed by atoms with van der Waals surface area (Å²) in [4.78, 5) is 22.7. The number of benzene rings is 1. The van der Waals surface area contributed by atoms with E-state index < -0.39 is 11.8 Å². The van der Waals surface area contributed by atoms with E-state index in [0.717, 1.165) is 0 Å². The first-order chi connectivity index (χ1) is 7.06. The van der Waals surface area contributed by atoms with E-state index in [1.807, 2.05) is 0 Å². The van der Waals surface area contributed by atoms with Gasteiger partial charge in [-0.25, -0.2) is 4.79 Å². The molecule has 4 heteroatoms. The highest BCUT2D eigenvalue weighted by molar-refractivity contribution is 6.41. The Kier molecular flexibility index (Phi) is 3.86. The molecule has 1 aromatic rings. The maximum Gasteiger partial charge on any atom is 0.379 e. The van der Waals surface area contributed by atoms with Gasteiger partial charge in [-0.2, -0.15) is 0 Å². The van der Waals surface area contributed by atoms with Crippen LogP contribution < -0.4 is 0 Å². The second-order valence-electron chi connectivity index (χ2n) is 3.01. The van der Waals surface area contributed by atoms with Crippen molar-refractivity contribution in [1.29, 1.82) is 0 Å². The molecule has 0 amide bonds. The average Bonchev–Trinajstić information content (AvgIpc) is 2.17. The van der Waals surface area contributed by atoms with E-state index in [0.29, 0.717) is 16.1 Å². The average molecular weight is 227 g/mol. The van der Waals surface area contributed by atoms with E-state index in [-0.39, 0.29) is 6.61 Å². The van der Waals surface area contributed by atoms with E-state index in [1.54, 1.807) is 26.0 Å². The van der Waals surface area contributed by atoms with Crippen LogP contribution in [-0.4, -0.2) is 18.4 Å². The highest BCUT2D eigenvalue weighted by Crippen LogP contribution is 2.16. The topological polar surface area (TPSA) is 43.4 Å². The number of esters is 1. The first-order valence-electron chi connectivity index (χ1n) is 4.54. The Morgan fingerprint density at radius 2 is 2.07 bits per heavy atom. The van der Waals surface area contributed by atoms with Crippen molar-refractivity contribution in [2.24, 2.45) is 0 Å². The van der Waals surface area contributed by atoms with Crippen molar-refractivity contribution in [3.8, 4) is 0 Å². The molecule has 15 heavy (non-hydrogen) atoms. The molecule has 3 nitrogen and oxygen atoms in total. The Balaban J connectivity index is 2.96. The summed E-state index contributed by atoms with van der Waals surface area (Å²) in [5.74, 6) is -1.46. The number of hydrogen-bond acceptors (Lipinski definition) is 3. The summed E-state index contributed by atoms with van der Waals surface area (Å²) in [6.45, 7) is 3.56. The standard InChI is InChI=1S/C11H11ClO3/c1-3-15-11(14)10(13)9-5-4-8(12)6-7(9)2/h4-6H,3H2,1-2H3. The smallest absolute Gasteiger partial charge is 0.379 e. The minimum absolute atomic E-state index is 0.192. The first kappa shape index (κ1) is 11.7. The van der Waals surface area contributed by atoms with E-state index in [9.17, 15) is 9.59 Å². The second kappa shape index (κ2) is 4.94. The Labute approximate surface area is 93.0 Å². The molecule has 0 aromatic heterocycles. The van der Waals surface area contributed by atoms with Gasteiger partial charge in [0.2, 0.25) is 0 Å². The largest absolute Gasteiger partial charge is 0.460 e. The molecule has 0 saturated carbocycles. The summed E-state index contributed by atoms with van der Waals surface area (Å²) < 4.78 is 4.62. The van der Waals surface area contributed by atoms with Crippen molar-refractivity contribution in [2.75, 3.05) is 6.61 Å². The summed E-state index contributed by atoms with van der Waals surface area (Å²) in [7, 11) is 0. The highest BCUT2D eigenvalue weighted by atomic mass is 35.5. The summed E-state index contributed by atoms with van der Waals surface area (Å²) >= 11 is 5.73. The van der Waals surface area contributed by atoms with E-state index >= 15 is 0 Å².